The Hall–Kier alpha value is -2.09. The van der Waals surface area contributed by atoms with Crippen LogP contribution in [0.4, 0.5) is 0 Å². The highest BCUT2D eigenvalue weighted by Crippen LogP contribution is 2.27. The minimum absolute atomic E-state index is 0.286. The van der Waals surface area contributed by atoms with E-state index in [2.05, 4.69) is 16.4 Å². The summed E-state index contributed by atoms with van der Waals surface area (Å²) < 4.78 is 5.78. The first-order valence-corrected chi connectivity index (χ1v) is 6.53. The predicted molar refractivity (Wildman–Crippen MR) is 77.5 cm³/mol. The molecule has 5 heteroatoms. The molecule has 0 fully saturated rings. The molecule has 1 N–H and O–H groups in total. The van der Waals surface area contributed by atoms with Crippen LogP contribution < -0.4 is 10.1 Å². The van der Waals surface area contributed by atoms with E-state index in [9.17, 15) is 0 Å². The number of hydrogen-bond donors (Lipinski definition) is 1. The summed E-state index contributed by atoms with van der Waals surface area (Å²) in [6.45, 7) is 0.904. The second-order valence-electron chi connectivity index (χ2n) is 4.16. The molecule has 102 valence electrons. The van der Waals surface area contributed by atoms with E-state index in [-0.39, 0.29) is 6.61 Å². The number of aromatic nitrogens is 1. The molecule has 0 bridgehead atoms. The van der Waals surface area contributed by atoms with Gasteiger partial charge in [0, 0.05) is 28.9 Å². The van der Waals surface area contributed by atoms with Gasteiger partial charge in [-0.3, -0.25) is 0 Å². The van der Waals surface area contributed by atoms with Crippen molar-refractivity contribution in [2.75, 3.05) is 7.05 Å². The van der Waals surface area contributed by atoms with E-state index in [1.54, 1.807) is 12.3 Å². The Morgan fingerprint density at radius 2 is 2.20 bits per heavy atom. The van der Waals surface area contributed by atoms with Crippen LogP contribution in [0.15, 0.2) is 36.5 Å². The summed E-state index contributed by atoms with van der Waals surface area (Å²) in [5, 5.41) is 12.7. The highest BCUT2D eigenvalue weighted by atomic mass is 35.5. The molecule has 1 heterocycles. The lowest BCUT2D eigenvalue weighted by molar-refractivity contribution is 0.301. The van der Waals surface area contributed by atoms with Crippen LogP contribution in [0.1, 0.15) is 16.8 Å². The van der Waals surface area contributed by atoms with Crippen molar-refractivity contribution in [2.45, 2.75) is 13.2 Å². The first kappa shape index (κ1) is 14.3. The molecule has 0 spiro atoms. The predicted octanol–water partition coefficient (Wildman–Crippen LogP) is 2.91. The van der Waals surface area contributed by atoms with Gasteiger partial charge >= 0.3 is 0 Å². The molecule has 4 nitrogen and oxygen atoms in total. The van der Waals surface area contributed by atoms with E-state index in [0.29, 0.717) is 23.0 Å². The zero-order valence-electron chi connectivity index (χ0n) is 11.1. The molecule has 1 aromatic heterocycles. The zero-order valence-corrected chi connectivity index (χ0v) is 11.8. The zero-order chi connectivity index (χ0) is 14.4. The monoisotopic (exact) mass is 287 g/mol. The number of nitriles is 1. The van der Waals surface area contributed by atoms with Gasteiger partial charge < -0.3 is 10.1 Å². The Bertz CT molecular complexity index is 637. The summed E-state index contributed by atoms with van der Waals surface area (Å²) in [5.74, 6) is 0.708. The highest BCUT2D eigenvalue weighted by Gasteiger charge is 2.09. The van der Waals surface area contributed by atoms with Gasteiger partial charge in [-0.05, 0) is 25.2 Å². The molecule has 0 unspecified atom stereocenters. The van der Waals surface area contributed by atoms with Crippen LogP contribution in [0, 0.1) is 11.3 Å². The maximum atomic E-state index is 9.00. The van der Waals surface area contributed by atoms with E-state index in [1.807, 2.05) is 31.3 Å². The number of nitrogens with zero attached hydrogens (tertiary/aromatic N) is 2. The van der Waals surface area contributed by atoms with Crippen molar-refractivity contribution in [3.05, 3.63) is 58.4 Å². The van der Waals surface area contributed by atoms with Gasteiger partial charge in [0.1, 0.15) is 24.1 Å². The maximum Gasteiger partial charge on any atom is 0.147 e. The summed E-state index contributed by atoms with van der Waals surface area (Å²) >= 11 is 6.16. The van der Waals surface area contributed by atoms with E-state index in [1.165, 1.54) is 0 Å². The van der Waals surface area contributed by atoms with E-state index in [0.717, 1.165) is 11.1 Å². The average Bonchev–Trinajstić information content (AvgIpc) is 2.48. The van der Waals surface area contributed by atoms with Crippen molar-refractivity contribution < 1.29 is 4.74 Å². The lowest BCUT2D eigenvalue weighted by Gasteiger charge is -2.13. The number of nitrogens with one attached hydrogen (secondary N) is 1. The fourth-order valence-electron chi connectivity index (χ4n) is 1.83. The van der Waals surface area contributed by atoms with Gasteiger partial charge in [-0.25, -0.2) is 4.98 Å². The standard InChI is InChI=1S/C15H14ClN3O/c1-18-9-12-13(16)5-2-6-15(12)20-10-11-4-3-7-19-14(11)8-17/h2-7,18H,9-10H2,1H3. The van der Waals surface area contributed by atoms with Crippen molar-refractivity contribution in [2.24, 2.45) is 0 Å². The second kappa shape index (κ2) is 6.90. The smallest absolute Gasteiger partial charge is 0.147 e. The number of pyridine rings is 1. The molecule has 1 aromatic carbocycles. The first-order chi connectivity index (χ1) is 9.76. The lowest BCUT2D eigenvalue weighted by Crippen LogP contribution is -2.08. The van der Waals surface area contributed by atoms with Gasteiger partial charge in [0.2, 0.25) is 0 Å². The lowest BCUT2D eigenvalue weighted by atomic mass is 10.2. The van der Waals surface area contributed by atoms with Crippen LogP contribution >= 0.6 is 11.6 Å². The van der Waals surface area contributed by atoms with Crippen molar-refractivity contribution in [3.8, 4) is 11.8 Å². The van der Waals surface area contributed by atoms with Crippen LogP contribution in [0.3, 0.4) is 0 Å². The Kier molecular flexibility index (Phi) is 4.94. The Morgan fingerprint density at radius 1 is 1.35 bits per heavy atom. The topological polar surface area (TPSA) is 57.9 Å². The number of rotatable bonds is 5. The molecule has 20 heavy (non-hydrogen) atoms. The molecule has 0 saturated heterocycles. The van der Waals surface area contributed by atoms with Crippen molar-refractivity contribution in [1.29, 1.82) is 5.26 Å². The van der Waals surface area contributed by atoms with Gasteiger partial charge in [0.15, 0.2) is 0 Å². The summed E-state index contributed by atoms with van der Waals surface area (Å²) in [7, 11) is 1.85. The van der Waals surface area contributed by atoms with Gasteiger partial charge in [-0.15, -0.1) is 0 Å². The first-order valence-electron chi connectivity index (χ1n) is 6.15. The third-order valence-corrected chi connectivity index (χ3v) is 3.16. The third kappa shape index (κ3) is 3.27. The minimum atomic E-state index is 0.286. The Balaban J connectivity index is 2.19. The summed E-state index contributed by atoms with van der Waals surface area (Å²) in [6.07, 6.45) is 1.59. The van der Waals surface area contributed by atoms with Gasteiger partial charge in [0.25, 0.3) is 0 Å². The van der Waals surface area contributed by atoms with Crippen LogP contribution in [-0.4, -0.2) is 12.0 Å². The Labute approximate surface area is 123 Å². The summed E-state index contributed by atoms with van der Waals surface area (Å²) in [5.41, 5.74) is 2.04. The quantitative estimate of drug-likeness (QED) is 0.918. The van der Waals surface area contributed by atoms with E-state index in [4.69, 9.17) is 21.6 Å². The summed E-state index contributed by atoms with van der Waals surface area (Å²) in [6, 6.07) is 11.2. The number of benzene rings is 1. The molecular weight excluding hydrogens is 274 g/mol. The molecule has 0 saturated carbocycles. The molecule has 0 aliphatic carbocycles. The fraction of sp³-hybridized carbons (Fsp3) is 0.200. The SMILES string of the molecule is CNCc1c(Cl)cccc1OCc1cccnc1C#N. The van der Waals surface area contributed by atoms with Gasteiger partial charge in [0.05, 0.1) is 0 Å². The van der Waals surface area contributed by atoms with Crippen molar-refractivity contribution >= 4 is 11.6 Å². The maximum absolute atomic E-state index is 9.00. The molecule has 0 amide bonds. The summed E-state index contributed by atoms with van der Waals surface area (Å²) in [4.78, 5) is 4.01. The van der Waals surface area contributed by atoms with Crippen molar-refractivity contribution in [3.63, 3.8) is 0 Å². The molecular formula is C15H14ClN3O. The normalized spacial score (nSPS) is 10.1. The molecule has 0 atom stereocenters. The molecule has 0 aliphatic rings. The van der Waals surface area contributed by atoms with Crippen molar-refractivity contribution in [1.82, 2.24) is 10.3 Å². The average molecular weight is 288 g/mol. The molecule has 2 aromatic rings. The van der Waals surface area contributed by atoms with Crippen LogP contribution in [0.5, 0.6) is 5.75 Å². The largest absolute Gasteiger partial charge is 0.488 e. The molecule has 0 radical (unpaired) electrons. The van der Waals surface area contributed by atoms with E-state index >= 15 is 0 Å². The number of ether oxygens (including phenoxy) is 1. The number of hydrogen-bond acceptors (Lipinski definition) is 4. The minimum Gasteiger partial charge on any atom is -0.488 e. The number of halogens is 1. The fourth-order valence-corrected chi connectivity index (χ4v) is 2.07. The molecule has 0 aliphatic heterocycles. The third-order valence-electron chi connectivity index (χ3n) is 2.81. The van der Waals surface area contributed by atoms with Gasteiger partial charge in [-0.1, -0.05) is 23.7 Å². The molecule has 2 rings (SSSR count). The van der Waals surface area contributed by atoms with Gasteiger partial charge in [-0.2, -0.15) is 5.26 Å². The van der Waals surface area contributed by atoms with Crippen LogP contribution in [0.25, 0.3) is 0 Å². The highest BCUT2D eigenvalue weighted by molar-refractivity contribution is 6.31. The van der Waals surface area contributed by atoms with Crippen LogP contribution in [-0.2, 0) is 13.2 Å². The van der Waals surface area contributed by atoms with Crippen LogP contribution in [0.2, 0.25) is 5.02 Å². The van der Waals surface area contributed by atoms with E-state index < -0.39 is 0 Å². The second-order valence-corrected chi connectivity index (χ2v) is 4.57. The Morgan fingerprint density at radius 3 is 2.95 bits per heavy atom.